The second-order valence-corrected chi connectivity index (χ2v) is 35.0. The molecule has 0 unspecified atom stereocenters. The van der Waals surface area contributed by atoms with E-state index in [-0.39, 0.29) is 75.9 Å². The summed E-state index contributed by atoms with van der Waals surface area (Å²) in [6.45, 7) is -2.92. The minimum absolute atomic E-state index is 0.00441. The highest BCUT2D eigenvalue weighted by Gasteiger charge is 2.45. The van der Waals surface area contributed by atoms with E-state index < -0.39 is 312 Å². The molecule has 4 aliphatic rings. The van der Waals surface area contributed by atoms with Gasteiger partial charge in [0.15, 0.2) is 5.96 Å². The van der Waals surface area contributed by atoms with Crippen LogP contribution in [0, 0.1) is 5.41 Å². The number of amides is 18. The van der Waals surface area contributed by atoms with E-state index in [0.29, 0.717) is 43.2 Å². The molecule has 57 heteroatoms. The summed E-state index contributed by atoms with van der Waals surface area (Å²) in [4.78, 5) is 296. The number of carboxylic acid groups (broad SMARTS) is 3. The van der Waals surface area contributed by atoms with Crippen LogP contribution >= 0.6 is 54.9 Å². The smallest absolute Gasteiger partial charge is 0.446 e. The Bertz CT molecular complexity index is 4280. The topological polar surface area (TPSA) is 832 Å². The van der Waals surface area contributed by atoms with Crippen molar-refractivity contribution in [2.45, 2.75) is 174 Å². The Kier molecular flexibility index (Phi) is 42.1. The summed E-state index contributed by atoms with van der Waals surface area (Å²) in [5, 5.41) is 81.3. The van der Waals surface area contributed by atoms with E-state index in [1.807, 2.05) is 0 Å². The van der Waals surface area contributed by atoms with Gasteiger partial charge in [-0.3, -0.25) is 106 Å². The SMILES string of the molecule is CSCC[C@@H]1NC(=O)[C@H](CC(N)=O)NC(=O)[C@@H]2CSSC[C@H](NC(=O)CN)C(=O)N[C@@H](CSSC[C@@H](C(=O)O)NC(=O)[C@H](Cc3ccc(OS(=O)(=O)O)cc3)NC(=O)[C@H](CC(=O)O)NC(=O)[C@@H]3CCCN3C(=O)[C@H](CC(N)=O)NC(=O)[C@H](CC(N)=O)NC1=O)C(=O)N[C@@H](CO)C(=O)N[C@@H](CC(=O)O)C(=O)N1CCC[C@H]1C(=O)N[C@@H](CCCNC(=N)N)C(=O)N2. The van der Waals surface area contributed by atoms with Gasteiger partial charge in [-0.25, -0.2) is 4.79 Å². The van der Waals surface area contributed by atoms with Crippen molar-refractivity contribution in [2.24, 2.45) is 28.7 Å². The molecule has 51 nitrogen and oxygen atoms in total. The van der Waals surface area contributed by atoms with Gasteiger partial charge in [0.25, 0.3) is 0 Å². The summed E-state index contributed by atoms with van der Waals surface area (Å²) >= 11 is 1.09. The fourth-order valence-electron chi connectivity index (χ4n) is 12.4. The first-order valence-electron chi connectivity index (χ1n) is 37.6. The second-order valence-electron chi connectivity index (χ2n) is 27.9. The van der Waals surface area contributed by atoms with Crippen molar-refractivity contribution in [2.75, 3.05) is 67.8 Å². The van der Waals surface area contributed by atoms with Gasteiger partial charge in [-0.05, 0) is 74.7 Å². The molecule has 18 amide bonds. The van der Waals surface area contributed by atoms with Crippen LogP contribution < -0.4 is 107 Å². The van der Waals surface area contributed by atoms with Crippen LogP contribution in [-0.4, -0.2) is 332 Å². The van der Waals surface area contributed by atoms with Crippen molar-refractivity contribution in [3.63, 3.8) is 0 Å². The van der Waals surface area contributed by atoms with Crippen molar-refractivity contribution in [3.8, 4) is 5.75 Å². The monoisotopic (exact) mass is 1870 g/mol. The Morgan fingerprint density at radius 1 is 0.508 bits per heavy atom. The van der Waals surface area contributed by atoms with Crippen LogP contribution in [0.15, 0.2) is 24.3 Å². The van der Waals surface area contributed by atoms with Crippen molar-refractivity contribution in [3.05, 3.63) is 29.8 Å². The highest BCUT2D eigenvalue weighted by atomic mass is 33.1. The number of aliphatic hydroxyl groups excluding tert-OH is 1. The summed E-state index contributed by atoms with van der Waals surface area (Å²) in [5.41, 5.74) is 27.9. The van der Waals surface area contributed by atoms with Gasteiger partial charge in [-0.2, -0.15) is 20.2 Å². The molecule has 0 aromatic heterocycles. The standard InChI is InChI=1S/C67H98N22O29S6/c1-119-16-12-32-53(100)79-35(19-47(70)92)56(103)82-37(20-48(71)93)64(111)88-14-4-7-45(88)63(110)81-36(21-50(95)96)57(104)78-33(17-29-8-10-30(11-9-29)118-124(115,116)117)54(101)87-43(66(113)114)28-123-122-27-42-61(108)84-39(24-90)58(105)83-38(22-51(97)98)65(112)89-15-3-6-44(89)62(109)77-31(5-2-13-74-67(72)73)52(99)85-41(60(107)80-34(18-46(69)91)55(102)76-32)26-121-120-25-40(59(106)86-42)75-49(94)23-68/h8-11,31-45,90H,2-7,12-28,68H2,1H3,(H2,69,91)(H2,70,92)(H2,71,93)(H,75,94)(H,76,102)(H,77,109)(H,78,104)(H,79,100)(H,80,107)(H,81,110)(H,82,103)(H,83,105)(H,84,108)(H,85,99)(H,86,106)(H,87,101)(H,95,96)(H,97,98)(H,113,114)(H4,72,73,74)(H,115,116,117)/t31-,32-,33-,34-,35-,36-,37-,38-,39-,40-,41-,42-,43-,44-,45-/m0/s1. The molecule has 30 N–H and O–H groups in total. The maximum absolute atomic E-state index is 15.0. The van der Waals surface area contributed by atoms with Gasteiger partial charge in [-0.15, -0.1) is 0 Å². The molecule has 0 aliphatic carbocycles. The zero-order valence-corrected chi connectivity index (χ0v) is 70.9. The number of rotatable bonds is 25. The molecule has 5 rings (SSSR count). The van der Waals surface area contributed by atoms with Gasteiger partial charge in [0.05, 0.1) is 45.3 Å². The summed E-state index contributed by atoms with van der Waals surface area (Å²) < 4.78 is 36.8. The van der Waals surface area contributed by atoms with Crippen LogP contribution in [0.2, 0.25) is 0 Å². The fourth-order valence-corrected chi connectivity index (χ4v) is 17.9. The highest BCUT2D eigenvalue weighted by Crippen LogP contribution is 2.28. The zero-order chi connectivity index (χ0) is 92.4. The maximum atomic E-state index is 15.0. The molecule has 4 saturated heterocycles. The molecule has 0 radical (unpaired) electrons. The lowest BCUT2D eigenvalue weighted by Crippen LogP contribution is -2.62. The van der Waals surface area contributed by atoms with Crippen molar-refractivity contribution in [1.82, 2.24) is 84.2 Å². The van der Waals surface area contributed by atoms with E-state index in [9.17, 15) is 134 Å². The number of carbonyl (C=O) groups is 21. The average Bonchev–Trinajstić information content (AvgIpc) is 1.66. The third kappa shape index (κ3) is 34.5. The Balaban J connectivity index is 1.75. The van der Waals surface area contributed by atoms with Crippen LogP contribution in [0.25, 0.3) is 0 Å². The normalized spacial score (nSPS) is 26.2. The van der Waals surface area contributed by atoms with E-state index in [1.54, 1.807) is 6.26 Å². The molecular formula is C67H98N22O29S6. The molecule has 15 atom stereocenters. The van der Waals surface area contributed by atoms with E-state index in [2.05, 4.69) is 78.6 Å². The number of fused-ring (bicyclic) bond motifs is 10. The first kappa shape index (κ1) is 103. The van der Waals surface area contributed by atoms with Crippen LogP contribution in [0.1, 0.15) is 82.6 Å². The predicted octanol–water partition coefficient (Wildman–Crippen LogP) is -11.9. The second kappa shape index (κ2) is 50.5. The number of aliphatic hydroxyl groups is 1. The number of hydrogen-bond acceptors (Lipinski definition) is 32. The number of primary amides is 3. The number of aliphatic carboxylic acids is 3. The lowest BCUT2D eigenvalue weighted by atomic mass is 10.0. The summed E-state index contributed by atoms with van der Waals surface area (Å²) in [5.74, 6) is -32.4. The Labute approximate surface area is 725 Å². The molecule has 686 valence electrons. The van der Waals surface area contributed by atoms with Crippen molar-refractivity contribution >= 4 is 196 Å². The summed E-state index contributed by atoms with van der Waals surface area (Å²) in [6, 6.07) is -25.3. The van der Waals surface area contributed by atoms with Gasteiger partial charge in [0.1, 0.15) is 96.4 Å². The molecule has 0 saturated carbocycles. The van der Waals surface area contributed by atoms with E-state index in [4.69, 9.17) is 34.1 Å². The maximum Gasteiger partial charge on any atom is 0.446 e. The molecule has 2 bridgehead atoms. The quantitative estimate of drug-likeness (QED) is 0.0142. The summed E-state index contributed by atoms with van der Waals surface area (Å²) in [6.07, 6.45) is -6.23. The number of hydrogen-bond donors (Lipinski definition) is 25. The number of nitrogens with zero attached hydrogens (tertiary/aromatic N) is 2. The van der Waals surface area contributed by atoms with E-state index in [1.165, 1.54) is 0 Å². The molecular weight excluding hydrogens is 1770 g/mol. The molecule has 4 aliphatic heterocycles. The van der Waals surface area contributed by atoms with Gasteiger partial charge >= 0.3 is 28.3 Å². The van der Waals surface area contributed by atoms with Gasteiger partial charge in [0.2, 0.25) is 106 Å². The Hall–Kier alpha value is -11.3. The van der Waals surface area contributed by atoms with Crippen LogP contribution in [-0.2, 0) is 118 Å². The fraction of sp³-hybridized carbons (Fsp3) is 0.582. The number of guanidine groups is 1. The first-order valence-corrected chi connectivity index (χ1v) is 45.3. The third-order valence-electron chi connectivity index (χ3n) is 18.5. The summed E-state index contributed by atoms with van der Waals surface area (Å²) in [7, 11) is -2.69. The number of thioether (sulfide) groups is 1. The Morgan fingerprint density at radius 2 is 0.903 bits per heavy atom. The van der Waals surface area contributed by atoms with Crippen LogP contribution in [0.4, 0.5) is 0 Å². The first-order chi connectivity index (χ1) is 58.4. The van der Waals surface area contributed by atoms with E-state index in [0.717, 1.165) is 45.8 Å². The molecule has 1 aromatic carbocycles. The third-order valence-corrected chi connectivity index (χ3v) is 24.4. The van der Waals surface area contributed by atoms with Gasteiger partial charge in [-0.1, -0.05) is 55.3 Å². The highest BCUT2D eigenvalue weighted by molar-refractivity contribution is 8.77. The zero-order valence-electron chi connectivity index (χ0n) is 66.0. The predicted molar refractivity (Wildman–Crippen MR) is 439 cm³/mol. The molecule has 4 fully saturated rings. The number of carbonyl (C=O) groups excluding carboxylic acids is 18. The van der Waals surface area contributed by atoms with E-state index >= 15 is 0 Å². The molecule has 124 heavy (non-hydrogen) atoms. The number of carboxylic acids is 3. The molecule has 0 spiro atoms. The van der Waals surface area contributed by atoms with Crippen molar-refractivity contribution in [1.29, 1.82) is 5.41 Å². The Morgan fingerprint density at radius 3 is 1.39 bits per heavy atom. The minimum atomic E-state index is -5.12. The average molecular weight is 1870 g/mol. The number of benzene rings is 1. The minimum Gasteiger partial charge on any atom is -0.481 e. The number of nitrogens with one attached hydrogen (secondary N) is 15. The van der Waals surface area contributed by atoms with Crippen LogP contribution in [0.3, 0.4) is 0 Å². The van der Waals surface area contributed by atoms with Crippen molar-refractivity contribution < 1.29 is 138 Å². The molecule has 4 heterocycles. The lowest BCUT2D eigenvalue weighted by molar-refractivity contribution is -0.146. The lowest BCUT2D eigenvalue weighted by Gasteiger charge is -2.31. The largest absolute Gasteiger partial charge is 0.481 e. The van der Waals surface area contributed by atoms with Gasteiger partial charge in [0, 0.05) is 49.1 Å². The van der Waals surface area contributed by atoms with Crippen LogP contribution in [0.5, 0.6) is 5.75 Å². The molecule has 1 aromatic rings. The number of nitrogens with two attached hydrogens (primary N) is 5. The van der Waals surface area contributed by atoms with Gasteiger partial charge < -0.3 is 138 Å².